The molecule has 0 atom stereocenters. The summed E-state index contributed by atoms with van der Waals surface area (Å²) >= 11 is 5.93. The minimum atomic E-state index is -4.54. The minimum absolute atomic E-state index is 0.0502. The van der Waals surface area contributed by atoms with E-state index in [9.17, 15) is 18.0 Å². The number of carbonyl (C=O) groups is 1. The van der Waals surface area contributed by atoms with Gasteiger partial charge in [-0.05, 0) is 25.1 Å². The van der Waals surface area contributed by atoms with E-state index >= 15 is 0 Å². The number of piperazine rings is 1. The summed E-state index contributed by atoms with van der Waals surface area (Å²) in [7, 11) is 1.45. The van der Waals surface area contributed by atoms with Crippen molar-refractivity contribution in [3.63, 3.8) is 0 Å². The van der Waals surface area contributed by atoms with Gasteiger partial charge in [0.25, 0.3) is 5.91 Å². The fourth-order valence-electron chi connectivity index (χ4n) is 3.01. The first-order chi connectivity index (χ1) is 13.2. The molecule has 28 heavy (non-hydrogen) atoms. The summed E-state index contributed by atoms with van der Waals surface area (Å²) in [4.78, 5) is 23.7. The van der Waals surface area contributed by atoms with Gasteiger partial charge in [0.15, 0.2) is 0 Å². The summed E-state index contributed by atoms with van der Waals surface area (Å²) in [5.74, 6) is 0.411. The average molecular weight is 415 g/mol. The molecule has 2 aromatic rings. The molecule has 0 saturated carbocycles. The first-order valence-corrected chi connectivity index (χ1v) is 8.87. The van der Waals surface area contributed by atoms with Crippen molar-refractivity contribution in [2.45, 2.75) is 13.1 Å². The third kappa shape index (κ3) is 4.30. The number of alkyl halides is 3. The van der Waals surface area contributed by atoms with Crippen molar-refractivity contribution in [2.75, 3.05) is 38.2 Å². The Bertz CT molecular complexity index is 884. The van der Waals surface area contributed by atoms with Crippen LogP contribution in [0.15, 0.2) is 24.3 Å². The average Bonchev–Trinajstić information content (AvgIpc) is 2.66. The van der Waals surface area contributed by atoms with Gasteiger partial charge in [-0.3, -0.25) is 4.79 Å². The number of halogens is 4. The number of carbonyl (C=O) groups excluding carboxylic acids is 1. The lowest BCUT2D eigenvalue weighted by atomic mass is 10.1. The fraction of sp³-hybridized carbons (Fsp3) is 0.389. The number of methoxy groups -OCH3 is 1. The van der Waals surface area contributed by atoms with Crippen LogP contribution in [0, 0.1) is 6.92 Å². The number of amides is 1. The molecule has 150 valence electrons. The predicted octanol–water partition coefficient (Wildman–Crippen LogP) is 3.43. The highest BCUT2D eigenvalue weighted by Gasteiger charge is 2.34. The molecule has 10 heteroatoms. The molecule has 0 bridgehead atoms. The molecule has 2 heterocycles. The van der Waals surface area contributed by atoms with E-state index in [-0.39, 0.29) is 17.5 Å². The lowest BCUT2D eigenvalue weighted by Gasteiger charge is -2.35. The molecular formula is C18H18ClF3N4O2. The number of ether oxygens (including phenoxy) is 1. The molecular weight excluding hydrogens is 397 g/mol. The van der Waals surface area contributed by atoms with Crippen molar-refractivity contribution in [1.29, 1.82) is 0 Å². The van der Waals surface area contributed by atoms with Crippen LogP contribution in [0.4, 0.5) is 19.0 Å². The number of nitrogens with zero attached hydrogens (tertiary/aromatic N) is 4. The van der Waals surface area contributed by atoms with Crippen LogP contribution in [0.2, 0.25) is 5.02 Å². The van der Waals surface area contributed by atoms with Crippen LogP contribution in [0.5, 0.6) is 5.75 Å². The number of benzene rings is 1. The third-order valence-corrected chi connectivity index (χ3v) is 4.63. The molecule has 1 aromatic heterocycles. The van der Waals surface area contributed by atoms with Crippen molar-refractivity contribution in [3.05, 3.63) is 46.4 Å². The zero-order valence-electron chi connectivity index (χ0n) is 15.3. The van der Waals surface area contributed by atoms with Gasteiger partial charge in [0, 0.05) is 37.3 Å². The topological polar surface area (TPSA) is 58.6 Å². The SMILES string of the molecule is COc1cc(Cl)ccc1C(=O)N1CCN(c2cc(C(F)(F)F)nc(C)n2)CC1. The van der Waals surface area contributed by atoms with Crippen molar-refractivity contribution in [2.24, 2.45) is 0 Å². The zero-order valence-corrected chi connectivity index (χ0v) is 16.0. The molecule has 1 fully saturated rings. The Balaban J connectivity index is 1.73. The van der Waals surface area contributed by atoms with E-state index in [1.165, 1.54) is 14.0 Å². The number of rotatable bonds is 3. The molecule has 6 nitrogen and oxygen atoms in total. The highest BCUT2D eigenvalue weighted by atomic mass is 35.5. The smallest absolute Gasteiger partial charge is 0.433 e. The van der Waals surface area contributed by atoms with Crippen LogP contribution in [-0.4, -0.2) is 54.1 Å². The lowest BCUT2D eigenvalue weighted by Crippen LogP contribution is -2.49. The van der Waals surface area contributed by atoms with Crippen molar-refractivity contribution < 1.29 is 22.7 Å². The molecule has 1 amide bonds. The normalized spacial score (nSPS) is 14.9. The van der Waals surface area contributed by atoms with Gasteiger partial charge >= 0.3 is 6.18 Å². The van der Waals surface area contributed by atoms with Gasteiger partial charge < -0.3 is 14.5 Å². The second kappa shape index (κ2) is 7.83. The molecule has 1 aromatic carbocycles. The van der Waals surface area contributed by atoms with Crippen LogP contribution in [0.25, 0.3) is 0 Å². The highest BCUT2D eigenvalue weighted by molar-refractivity contribution is 6.30. The molecule has 1 saturated heterocycles. The van der Waals surface area contributed by atoms with E-state index in [0.717, 1.165) is 6.07 Å². The second-order valence-corrected chi connectivity index (χ2v) is 6.72. The van der Waals surface area contributed by atoms with E-state index in [1.54, 1.807) is 28.0 Å². The number of anilines is 1. The molecule has 0 radical (unpaired) electrons. The maximum Gasteiger partial charge on any atom is 0.433 e. The number of aromatic nitrogens is 2. The van der Waals surface area contributed by atoms with Gasteiger partial charge in [0.2, 0.25) is 0 Å². The monoisotopic (exact) mass is 414 g/mol. The summed E-state index contributed by atoms with van der Waals surface area (Å²) in [6.45, 7) is 2.82. The van der Waals surface area contributed by atoms with Gasteiger partial charge in [-0.1, -0.05) is 11.6 Å². The van der Waals surface area contributed by atoms with Crippen LogP contribution < -0.4 is 9.64 Å². The summed E-state index contributed by atoms with van der Waals surface area (Å²) in [5.41, 5.74) is -0.586. The molecule has 0 unspecified atom stereocenters. The predicted molar refractivity (Wildman–Crippen MR) is 97.9 cm³/mol. The Morgan fingerprint density at radius 2 is 1.82 bits per heavy atom. The zero-order chi connectivity index (χ0) is 20.5. The van der Waals surface area contributed by atoms with Gasteiger partial charge in [0.1, 0.15) is 23.1 Å². The van der Waals surface area contributed by atoms with Crippen LogP contribution in [0.3, 0.4) is 0 Å². The minimum Gasteiger partial charge on any atom is -0.496 e. The Morgan fingerprint density at radius 3 is 2.43 bits per heavy atom. The quantitative estimate of drug-likeness (QED) is 0.770. The van der Waals surface area contributed by atoms with E-state index in [2.05, 4.69) is 9.97 Å². The standard InChI is InChI=1S/C18H18ClF3N4O2/c1-11-23-15(18(20,21)22)10-16(24-11)25-5-7-26(8-6-25)17(27)13-4-3-12(19)9-14(13)28-2/h3-4,9-10H,5-8H2,1-2H3. The van der Waals surface area contributed by atoms with Crippen molar-refractivity contribution in [3.8, 4) is 5.75 Å². The number of hydrogen-bond acceptors (Lipinski definition) is 5. The summed E-state index contributed by atoms with van der Waals surface area (Å²) in [6.07, 6.45) is -4.54. The van der Waals surface area contributed by atoms with Crippen molar-refractivity contribution in [1.82, 2.24) is 14.9 Å². The Hall–Kier alpha value is -2.55. The molecule has 1 aliphatic rings. The van der Waals surface area contributed by atoms with E-state index < -0.39 is 11.9 Å². The maximum atomic E-state index is 13.0. The lowest BCUT2D eigenvalue weighted by molar-refractivity contribution is -0.141. The van der Waals surface area contributed by atoms with Gasteiger partial charge in [-0.25, -0.2) is 9.97 Å². The van der Waals surface area contributed by atoms with Crippen LogP contribution in [0.1, 0.15) is 21.9 Å². The first kappa shape index (κ1) is 20.2. The molecule has 1 aliphatic heterocycles. The molecule has 0 N–H and O–H groups in total. The van der Waals surface area contributed by atoms with Gasteiger partial charge in [0.05, 0.1) is 12.7 Å². The Kier molecular flexibility index (Phi) is 5.64. The van der Waals surface area contributed by atoms with Gasteiger partial charge in [-0.15, -0.1) is 0 Å². The van der Waals surface area contributed by atoms with Gasteiger partial charge in [-0.2, -0.15) is 13.2 Å². The third-order valence-electron chi connectivity index (χ3n) is 4.40. The highest BCUT2D eigenvalue weighted by Crippen LogP contribution is 2.30. The van der Waals surface area contributed by atoms with Crippen LogP contribution >= 0.6 is 11.6 Å². The first-order valence-electron chi connectivity index (χ1n) is 8.49. The van der Waals surface area contributed by atoms with E-state index in [0.29, 0.717) is 42.5 Å². The fourth-order valence-corrected chi connectivity index (χ4v) is 3.17. The number of hydrogen-bond donors (Lipinski definition) is 0. The summed E-state index contributed by atoms with van der Waals surface area (Å²) in [5, 5.41) is 0.456. The van der Waals surface area contributed by atoms with Crippen molar-refractivity contribution >= 4 is 23.3 Å². The Morgan fingerprint density at radius 1 is 1.14 bits per heavy atom. The summed E-state index contributed by atoms with van der Waals surface area (Å²) in [6, 6.07) is 5.70. The van der Waals surface area contributed by atoms with E-state index in [4.69, 9.17) is 16.3 Å². The Labute approximate surface area is 164 Å². The largest absolute Gasteiger partial charge is 0.496 e. The maximum absolute atomic E-state index is 13.0. The summed E-state index contributed by atoms with van der Waals surface area (Å²) < 4.78 is 44.2. The molecule has 0 aliphatic carbocycles. The molecule has 0 spiro atoms. The van der Waals surface area contributed by atoms with Crippen LogP contribution in [-0.2, 0) is 6.18 Å². The second-order valence-electron chi connectivity index (χ2n) is 6.28. The molecule has 3 rings (SSSR count). The van der Waals surface area contributed by atoms with E-state index in [1.807, 2.05) is 0 Å². The number of aryl methyl sites for hydroxylation is 1.